The topological polar surface area (TPSA) is 43.3 Å². The number of aliphatic imine (C=N–C) groups is 1. The molecule has 4 aromatic rings. The maximum Gasteiger partial charge on any atom is 0.164 e. The Morgan fingerprint density at radius 2 is 1.14 bits per heavy atom. The molecule has 0 saturated carbocycles. The first-order valence-corrected chi connectivity index (χ1v) is 13.2. The van der Waals surface area contributed by atoms with E-state index in [0.29, 0.717) is 0 Å². The van der Waals surface area contributed by atoms with E-state index in [1.807, 2.05) is 78.9 Å². The van der Waals surface area contributed by atoms with Crippen molar-refractivity contribution in [3.8, 4) is 23.0 Å². The van der Waals surface area contributed by atoms with Crippen LogP contribution in [0.25, 0.3) is 0 Å². The molecule has 0 aliphatic rings. The number of benzene rings is 4. The Labute approximate surface area is 223 Å². The van der Waals surface area contributed by atoms with Crippen LogP contribution in [0.4, 0.5) is 5.69 Å². The van der Waals surface area contributed by atoms with Crippen molar-refractivity contribution in [3.63, 3.8) is 0 Å². The Kier molecular flexibility index (Phi) is 9.49. The molecule has 0 aliphatic heterocycles. The van der Waals surface area contributed by atoms with Crippen molar-refractivity contribution in [2.45, 2.75) is 20.0 Å². The van der Waals surface area contributed by atoms with Crippen LogP contribution in [0.5, 0.6) is 23.0 Å². The minimum absolute atomic E-state index is 0.719. The summed E-state index contributed by atoms with van der Waals surface area (Å²) in [5.74, 6) is 4.20. The van der Waals surface area contributed by atoms with E-state index in [1.165, 1.54) is 11.1 Å². The van der Waals surface area contributed by atoms with Crippen LogP contribution in [0.2, 0.25) is 0 Å². The molecule has 0 radical (unpaired) electrons. The summed E-state index contributed by atoms with van der Waals surface area (Å²) in [5, 5.41) is 0.964. The molecule has 4 aromatic carbocycles. The normalized spacial score (nSPS) is 11.2. The van der Waals surface area contributed by atoms with Crippen LogP contribution in [0.1, 0.15) is 18.1 Å². The van der Waals surface area contributed by atoms with Gasteiger partial charge in [-0.05, 0) is 77.5 Å². The van der Waals surface area contributed by atoms with Gasteiger partial charge in [-0.1, -0.05) is 61.2 Å². The molecule has 190 valence electrons. The second-order valence-corrected chi connectivity index (χ2v) is 9.52. The lowest BCUT2D eigenvalue weighted by Crippen LogP contribution is -2.28. The van der Waals surface area contributed by atoms with Crippen molar-refractivity contribution >= 4 is 22.6 Å². The number of nitrogens with zero attached hydrogens (tertiary/aromatic N) is 2. The van der Waals surface area contributed by atoms with Crippen LogP contribution in [0, 0.1) is 0 Å². The van der Waals surface area contributed by atoms with Gasteiger partial charge in [0, 0.05) is 13.1 Å². The molecule has 0 amide bonds. The number of methoxy groups -OCH3 is 2. The van der Waals surface area contributed by atoms with Gasteiger partial charge in [-0.15, -0.1) is 0 Å². The summed E-state index contributed by atoms with van der Waals surface area (Å²) < 4.78 is 16.6. The van der Waals surface area contributed by atoms with Crippen LogP contribution in [-0.4, -0.2) is 30.0 Å². The molecule has 5 nitrogen and oxygen atoms in total. The number of hydrogen-bond donors (Lipinski definition) is 0. The molecular weight excluding hydrogens is 480 g/mol. The standard InChI is InChI=1S/C31H32N2O3S/c1-4-37-31(32-26-14-20-30(21-15-26)36-29-8-6-5-7-9-29)33(22-24-10-16-27(34-2)17-11-24)23-25-12-18-28(35-3)19-13-25/h5-21H,4,22-23H2,1-3H3. The predicted octanol–water partition coefficient (Wildman–Crippen LogP) is 7.94. The number of rotatable bonds is 10. The van der Waals surface area contributed by atoms with Gasteiger partial charge in [0.25, 0.3) is 0 Å². The zero-order valence-corrected chi connectivity index (χ0v) is 22.3. The molecule has 4 rings (SSSR count). The minimum Gasteiger partial charge on any atom is -0.497 e. The molecule has 0 saturated heterocycles. The minimum atomic E-state index is 0.719. The first-order valence-electron chi connectivity index (χ1n) is 12.2. The molecule has 37 heavy (non-hydrogen) atoms. The highest BCUT2D eigenvalue weighted by molar-refractivity contribution is 8.13. The van der Waals surface area contributed by atoms with Gasteiger partial charge in [0.2, 0.25) is 0 Å². The van der Waals surface area contributed by atoms with Gasteiger partial charge in [-0.2, -0.15) is 0 Å². The second kappa shape index (κ2) is 13.4. The lowest BCUT2D eigenvalue weighted by molar-refractivity contribution is 0.405. The average Bonchev–Trinajstić information content (AvgIpc) is 2.95. The third-order valence-corrected chi connectivity index (χ3v) is 6.55. The Balaban J connectivity index is 1.59. The van der Waals surface area contributed by atoms with Crippen molar-refractivity contribution in [1.82, 2.24) is 4.90 Å². The van der Waals surface area contributed by atoms with Crippen molar-refractivity contribution in [3.05, 3.63) is 114 Å². The first-order chi connectivity index (χ1) is 18.2. The van der Waals surface area contributed by atoms with Gasteiger partial charge in [0.05, 0.1) is 19.9 Å². The summed E-state index contributed by atoms with van der Waals surface area (Å²) in [6.45, 7) is 3.59. The largest absolute Gasteiger partial charge is 0.497 e. The van der Waals surface area contributed by atoms with E-state index in [0.717, 1.165) is 52.7 Å². The van der Waals surface area contributed by atoms with Crippen LogP contribution < -0.4 is 14.2 Å². The van der Waals surface area contributed by atoms with Crippen LogP contribution in [-0.2, 0) is 13.1 Å². The molecule has 0 aromatic heterocycles. The monoisotopic (exact) mass is 512 g/mol. The summed E-state index contributed by atoms with van der Waals surface area (Å²) in [6, 6.07) is 34.1. The van der Waals surface area contributed by atoms with Crippen LogP contribution >= 0.6 is 11.8 Å². The molecular formula is C31H32N2O3S. The van der Waals surface area contributed by atoms with Gasteiger partial charge < -0.3 is 19.1 Å². The molecule has 0 atom stereocenters. The molecule has 0 fully saturated rings. The number of amidine groups is 1. The summed E-state index contributed by atoms with van der Waals surface area (Å²) >= 11 is 1.74. The maximum absolute atomic E-state index is 5.94. The summed E-state index contributed by atoms with van der Waals surface area (Å²) in [4.78, 5) is 7.37. The number of para-hydroxylation sites is 1. The zero-order valence-electron chi connectivity index (χ0n) is 21.5. The van der Waals surface area contributed by atoms with Gasteiger partial charge in [-0.25, -0.2) is 4.99 Å². The Hall–Kier alpha value is -3.90. The van der Waals surface area contributed by atoms with E-state index in [9.17, 15) is 0 Å². The molecule has 0 aliphatic carbocycles. The lowest BCUT2D eigenvalue weighted by atomic mass is 10.1. The fourth-order valence-electron chi connectivity index (χ4n) is 3.74. The highest BCUT2D eigenvalue weighted by Gasteiger charge is 2.14. The third kappa shape index (κ3) is 7.79. The Morgan fingerprint density at radius 1 is 0.649 bits per heavy atom. The van der Waals surface area contributed by atoms with Crippen molar-refractivity contribution in [1.29, 1.82) is 0 Å². The van der Waals surface area contributed by atoms with Crippen molar-refractivity contribution < 1.29 is 14.2 Å². The van der Waals surface area contributed by atoms with Crippen molar-refractivity contribution in [2.75, 3.05) is 20.0 Å². The van der Waals surface area contributed by atoms with E-state index in [4.69, 9.17) is 19.2 Å². The van der Waals surface area contributed by atoms with Gasteiger partial charge in [0.1, 0.15) is 23.0 Å². The molecule has 0 bridgehead atoms. The second-order valence-electron chi connectivity index (χ2n) is 8.29. The van der Waals surface area contributed by atoms with Gasteiger partial charge in [0.15, 0.2) is 5.17 Å². The Morgan fingerprint density at radius 3 is 1.62 bits per heavy atom. The Bertz CT molecular complexity index is 1210. The van der Waals surface area contributed by atoms with Gasteiger partial charge in [-0.3, -0.25) is 0 Å². The predicted molar refractivity (Wildman–Crippen MR) is 153 cm³/mol. The highest BCUT2D eigenvalue weighted by Crippen LogP contribution is 2.27. The van der Waals surface area contributed by atoms with Gasteiger partial charge >= 0.3 is 0 Å². The van der Waals surface area contributed by atoms with Crippen LogP contribution in [0.15, 0.2) is 108 Å². The number of thioether (sulfide) groups is 1. The molecule has 0 unspecified atom stereocenters. The summed E-state index contributed by atoms with van der Waals surface area (Å²) in [5.41, 5.74) is 3.25. The number of ether oxygens (including phenoxy) is 3. The zero-order chi connectivity index (χ0) is 25.9. The summed E-state index contributed by atoms with van der Waals surface area (Å²) in [7, 11) is 3.37. The van der Waals surface area contributed by atoms with E-state index < -0.39 is 0 Å². The van der Waals surface area contributed by atoms with E-state index in [2.05, 4.69) is 36.1 Å². The molecule has 0 spiro atoms. The van der Waals surface area contributed by atoms with E-state index >= 15 is 0 Å². The maximum atomic E-state index is 5.94. The lowest BCUT2D eigenvalue weighted by Gasteiger charge is -2.26. The van der Waals surface area contributed by atoms with E-state index in [-0.39, 0.29) is 0 Å². The third-order valence-electron chi connectivity index (χ3n) is 5.65. The molecule has 6 heteroatoms. The molecule has 0 N–H and O–H groups in total. The summed E-state index contributed by atoms with van der Waals surface area (Å²) in [6.07, 6.45) is 0. The van der Waals surface area contributed by atoms with Crippen molar-refractivity contribution in [2.24, 2.45) is 4.99 Å². The first kappa shape index (κ1) is 26.2. The average molecular weight is 513 g/mol. The fourth-order valence-corrected chi connectivity index (χ4v) is 4.48. The molecule has 0 heterocycles. The SMILES string of the molecule is CCSC(=Nc1ccc(Oc2ccccc2)cc1)N(Cc1ccc(OC)cc1)Cc1ccc(OC)cc1. The van der Waals surface area contributed by atoms with Crippen LogP contribution in [0.3, 0.4) is 0 Å². The smallest absolute Gasteiger partial charge is 0.164 e. The number of hydrogen-bond acceptors (Lipinski definition) is 5. The van der Waals surface area contributed by atoms with E-state index in [1.54, 1.807) is 26.0 Å². The highest BCUT2D eigenvalue weighted by atomic mass is 32.2. The fraction of sp³-hybridized carbons (Fsp3) is 0.194. The quantitative estimate of drug-likeness (QED) is 0.159.